The monoisotopic (exact) mass is 251 g/mol. The van der Waals surface area contributed by atoms with Crippen molar-refractivity contribution in [2.75, 3.05) is 19.1 Å². The topological polar surface area (TPSA) is 89.5 Å². The summed E-state index contributed by atoms with van der Waals surface area (Å²) in [5, 5.41) is 2.33. The molecule has 0 aromatic carbocycles. The molecule has 1 N–H and O–H groups in total. The van der Waals surface area contributed by atoms with E-state index in [0.717, 1.165) is 6.26 Å². The highest BCUT2D eigenvalue weighted by atomic mass is 32.2. The average molecular weight is 251 g/mol. The molecule has 0 aliphatic carbocycles. The highest BCUT2D eigenvalue weighted by molar-refractivity contribution is 7.91. The average Bonchev–Trinajstić information content (AvgIpc) is 2.09. The molecule has 0 aliphatic heterocycles. The number of hydrogen-bond donors (Lipinski definition) is 1. The largest absolute Gasteiger partial charge is 0.467 e. The zero-order chi connectivity index (χ0) is 12.9. The third-order valence-corrected chi connectivity index (χ3v) is 2.62. The lowest BCUT2D eigenvalue weighted by atomic mass is 10.1. The Hall–Kier alpha value is -1.11. The van der Waals surface area contributed by atoms with Gasteiger partial charge < -0.3 is 10.1 Å². The Morgan fingerprint density at radius 3 is 2.12 bits per heavy atom. The van der Waals surface area contributed by atoms with E-state index in [0.29, 0.717) is 0 Å². The molecule has 0 aliphatic rings. The van der Waals surface area contributed by atoms with E-state index in [9.17, 15) is 18.0 Å². The minimum atomic E-state index is -3.39. The van der Waals surface area contributed by atoms with Gasteiger partial charge in [-0.3, -0.25) is 4.79 Å². The molecule has 1 amide bonds. The van der Waals surface area contributed by atoms with Crippen LogP contribution in [0.2, 0.25) is 0 Å². The fourth-order valence-corrected chi connectivity index (χ4v) is 1.64. The molecule has 1 unspecified atom stereocenters. The van der Waals surface area contributed by atoms with Crippen LogP contribution in [0.15, 0.2) is 0 Å². The van der Waals surface area contributed by atoms with Gasteiger partial charge in [0.2, 0.25) is 5.91 Å². The van der Waals surface area contributed by atoms with Crippen LogP contribution in [0.4, 0.5) is 0 Å². The summed E-state index contributed by atoms with van der Waals surface area (Å²) in [6.45, 7) is 3.45. The number of methoxy groups -OCH3 is 1. The lowest BCUT2D eigenvalue weighted by molar-refractivity contribution is -0.146. The molecule has 0 aromatic heterocycles. The predicted octanol–water partition coefficient (Wildman–Crippen LogP) is -0.655. The summed E-state index contributed by atoms with van der Waals surface area (Å²) >= 11 is 0. The van der Waals surface area contributed by atoms with E-state index >= 15 is 0 Å². The van der Waals surface area contributed by atoms with Crippen LogP contribution in [-0.2, 0) is 24.2 Å². The van der Waals surface area contributed by atoms with Crippen molar-refractivity contribution in [1.82, 2.24) is 5.32 Å². The molecule has 0 rings (SSSR count). The van der Waals surface area contributed by atoms with Crippen molar-refractivity contribution < 1.29 is 22.7 Å². The van der Waals surface area contributed by atoms with E-state index in [1.165, 1.54) is 7.11 Å². The quantitative estimate of drug-likeness (QED) is 0.655. The Balaban J connectivity index is 4.54. The van der Waals surface area contributed by atoms with Crippen LogP contribution in [-0.4, -0.2) is 45.5 Å². The molecule has 0 aromatic rings. The first-order valence-corrected chi connectivity index (χ1v) is 6.78. The van der Waals surface area contributed by atoms with Crippen molar-refractivity contribution in [2.45, 2.75) is 19.9 Å². The molecule has 0 heterocycles. The molecule has 0 radical (unpaired) electrons. The SMILES string of the molecule is COC(=O)C(NC(=O)CS(C)(=O)=O)C(C)C. The molecular formula is C9H17NO5S. The first-order chi connectivity index (χ1) is 7.17. The second-order valence-corrected chi connectivity index (χ2v) is 6.02. The van der Waals surface area contributed by atoms with Crippen LogP contribution in [0, 0.1) is 5.92 Å². The third-order valence-electron chi connectivity index (χ3n) is 1.83. The van der Waals surface area contributed by atoms with Crippen LogP contribution in [0.5, 0.6) is 0 Å². The molecule has 6 nitrogen and oxygen atoms in total. The lowest BCUT2D eigenvalue weighted by Gasteiger charge is -2.19. The smallest absolute Gasteiger partial charge is 0.328 e. The van der Waals surface area contributed by atoms with E-state index in [2.05, 4.69) is 10.1 Å². The van der Waals surface area contributed by atoms with Crippen LogP contribution in [0.1, 0.15) is 13.8 Å². The van der Waals surface area contributed by atoms with Gasteiger partial charge in [-0.05, 0) is 5.92 Å². The molecule has 0 spiro atoms. The van der Waals surface area contributed by atoms with Crippen molar-refractivity contribution in [3.8, 4) is 0 Å². The van der Waals surface area contributed by atoms with Gasteiger partial charge in [-0.15, -0.1) is 0 Å². The van der Waals surface area contributed by atoms with Gasteiger partial charge in [-0.2, -0.15) is 0 Å². The minimum absolute atomic E-state index is 0.170. The summed E-state index contributed by atoms with van der Waals surface area (Å²) < 4.78 is 26.2. The van der Waals surface area contributed by atoms with Gasteiger partial charge in [0.05, 0.1) is 7.11 Å². The van der Waals surface area contributed by atoms with Gasteiger partial charge in [0.15, 0.2) is 9.84 Å². The highest BCUT2D eigenvalue weighted by Gasteiger charge is 2.25. The van der Waals surface area contributed by atoms with Crippen LogP contribution < -0.4 is 5.32 Å². The number of ether oxygens (including phenoxy) is 1. The van der Waals surface area contributed by atoms with Crippen molar-refractivity contribution in [3.05, 3.63) is 0 Å². The molecule has 16 heavy (non-hydrogen) atoms. The number of rotatable bonds is 5. The van der Waals surface area contributed by atoms with Crippen LogP contribution in [0.25, 0.3) is 0 Å². The number of amides is 1. The Bertz CT molecular complexity index is 360. The highest BCUT2D eigenvalue weighted by Crippen LogP contribution is 2.03. The number of carbonyl (C=O) groups is 2. The summed E-state index contributed by atoms with van der Waals surface area (Å²) in [6, 6.07) is -0.820. The zero-order valence-corrected chi connectivity index (χ0v) is 10.6. The Morgan fingerprint density at radius 2 is 1.81 bits per heavy atom. The standard InChI is InChI=1S/C9H17NO5S/c1-6(2)8(9(12)15-3)10-7(11)5-16(4,13)14/h6,8H,5H2,1-4H3,(H,10,11). The maximum atomic E-state index is 11.3. The van der Waals surface area contributed by atoms with Crippen molar-refractivity contribution in [3.63, 3.8) is 0 Å². The van der Waals surface area contributed by atoms with Crippen molar-refractivity contribution in [1.29, 1.82) is 0 Å². The van der Waals surface area contributed by atoms with Crippen molar-refractivity contribution >= 4 is 21.7 Å². The third kappa shape index (κ3) is 5.69. The van der Waals surface area contributed by atoms with Gasteiger partial charge in [0.1, 0.15) is 11.8 Å². The molecule has 0 saturated heterocycles. The number of nitrogens with one attached hydrogen (secondary N) is 1. The molecule has 0 fully saturated rings. The van der Waals surface area contributed by atoms with E-state index in [1.54, 1.807) is 13.8 Å². The van der Waals surface area contributed by atoms with Gasteiger partial charge >= 0.3 is 5.97 Å². The molecule has 0 bridgehead atoms. The summed E-state index contributed by atoms with van der Waals surface area (Å²) in [5.74, 6) is -2.09. The fraction of sp³-hybridized carbons (Fsp3) is 0.778. The Kier molecular flexibility index (Phi) is 5.43. The lowest BCUT2D eigenvalue weighted by Crippen LogP contribution is -2.46. The van der Waals surface area contributed by atoms with Crippen molar-refractivity contribution in [2.24, 2.45) is 5.92 Å². The van der Waals surface area contributed by atoms with Gasteiger partial charge in [-0.1, -0.05) is 13.8 Å². The first-order valence-electron chi connectivity index (χ1n) is 4.72. The van der Waals surface area contributed by atoms with E-state index in [4.69, 9.17) is 0 Å². The second-order valence-electron chi connectivity index (χ2n) is 3.88. The molecule has 94 valence electrons. The van der Waals surface area contributed by atoms with E-state index in [-0.39, 0.29) is 5.92 Å². The number of esters is 1. The summed E-state index contributed by atoms with van der Waals surface area (Å²) in [5.41, 5.74) is 0. The van der Waals surface area contributed by atoms with Crippen LogP contribution in [0.3, 0.4) is 0 Å². The minimum Gasteiger partial charge on any atom is -0.467 e. The molecular weight excluding hydrogens is 234 g/mol. The number of sulfone groups is 1. The van der Waals surface area contributed by atoms with Gasteiger partial charge in [-0.25, -0.2) is 13.2 Å². The zero-order valence-electron chi connectivity index (χ0n) is 9.81. The summed E-state index contributed by atoms with van der Waals surface area (Å²) in [4.78, 5) is 22.6. The maximum Gasteiger partial charge on any atom is 0.328 e. The summed E-state index contributed by atoms with van der Waals surface area (Å²) in [7, 11) is -2.18. The van der Waals surface area contributed by atoms with Gasteiger partial charge in [0.25, 0.3) is 0 Å². The molecule has 7 heteroatoms. The normalized spacial score (nSPS) is 13.3. The Morgan fingerprint density at radius 1 is 1.31 bits per heavy atom. The van der Waals surface area contributed by atoms with E-state index in [1.807, 2.05) is 0 Å². The predicted molar refractivity (Wildman–Crippen MR) is 58.5 cm³/mol. The van der Waals surface area contributed by atoms with Gasteiger partial charge in [0, 0.05) is 6.26 Å². The van der Waals surface area contributed by atoms with Crippen LogP contribution >= 0.6 is 0 Å². The second kappa shape index (κ2) is 5.83. The number of hydrogen-bond acceptors (Lipinski definition) is 5. The maximum absolute atomic E-state index is 11.3. The molecule has 1 atom stereocenters. The molecule has 0 saturated carbocycles. The first kappa shape index (κ1) is 14.9. The van der Waals surface area contributed by atoms with E-state index < -0.39 is 33.5 Å². The number of carbonyl (C=O) groups excluding carboxylic acids is 2. The fourth-order valence-electron chi connectivity index (χ4n) is 1.08. The Labute approximate surface area is 95.3 Å². The summed E-state index contributed by atoms with van der Waals surface area (Å²) in [6.07, 6.45) is 0.953.